The van der Waals surface area contributed by atoms with Crippen LogP contribution in [0.4, 0.5) is 5.82 Å². The number of carbonyl (C=O) groups excluding carboxylic acids is 1. The van der Waals surface area contributed by atoms with E-state index in [1.807, 2.05) is 12.1 Å². The second-order valence-electron chi connectivity index (χ2n) is 5.45. The van der Waals surface area contributed by atoms with Gasteiger partial charge in [0.15, 0.2) is 5.82 Å². The Morgan fingerprint density at radius 3 is 2.96 bits per heavy atom. The monoisotopic (exact) mass is 309 g/mol. The molecule has 6 nitrogen and oxygen atoms in total. The molecule has 0 fully saturated rings. The van der Waals surface area contributed by atoms with Gasteiger partial charge in [0, 0.05) is 36.7 Å². The summed E-state index contributed by atoms with van der Waals surface area (Å²) in [4.78, 5) is 19.8. The van der Waals surface area contributed by atoms with Crippen LogP contribution in [0.15, 0.2) is 55.1 Å². The number of benzene rings is 1. The van der Waals surface area contributed by atoms with E-state index < -0.39 is 0 Å². The summed E-state index contributed by atoms with van der Waals surface area (Å²) in [6.45, 7) is 3.09. The lowest BCUT2D eigenvalue weighted by atomic mass is 10.2. The van der Waals surface area contributed by atoms with Crippen molar-refractivity contribution in [2.45, 2.75) is 19.5 Å². The molecule has 6 heteroatoms. The quantitative estimate of drug-likeness (QED) is 0.731. The summed E-state index contributed by atoms with van der Waals surface area (Å²) in [5.74, 6) is 0.332. The van der Waals surface area contributed by atoms with E-state index in [0.29, 0.717) is 5.82 Å². The molecule has 0 bridgehead atoms. The summed E-state index contributed by atoms with van der Waals surface area (Å²) in [6, 6.07) is 10.5. The standard InChI is InChI=1S/C17H19N5O/c1-13(12-22-9-6-14-4-2-3-5-15(14)22)20-11-17(23)21-16-10-18-7-8-19-16/h2-10,13,20H,11-12H2,1H3,(H,19,21,23)/t13-/m1/s1. The van der Waals surface area contributed by atoms with E-state index in [0.717, 1.165) is 6.54 Å². The lowest BCUT2D eigenvalue weighted by molar-refractivity contribution is -0.115. The molecular weight excluding hydrogens is 290 g/mol. The fraction of sp³-hybridized carbons (Fsp3) is 0.235. The molecule has 0 aliphatic carbocycles. The number of para-hydroxylation sites is 1. The van der Waals surface area contributed by atoms with Gasteiger partial charge in [0.25, 0.3) is 0 Å². The van der Waals surface area contributed by atoms with Gasteiger partial charge in [-0.15, -0.1) is 0 Å². The minimum absolute atomic E-state index is 0.130. The van der Waals surface area contributed by atoms with Crippen LogP contribution in [-0.4, -0.2) is 33.0 Å². The van der Waals surface area contributed by atoms with Gasteiger partial charge in [-0.25, -0.2) is 4.98 Å². The largest absolute Gasteiger partial charge is 0.346 e. The number of anilines is 1. The van der Waals surface area contributed by atoms with Crippen LogP contribution in [-0.2, 0) is 11.3 Å². The van der Waals surface area contributed by atoms with Gasteiger partial charge in [0.05, 0.1) is 12.7 Å². The zero-order chi connectivity index (χ0) is 16.1. The fourth-order valence-corrected chi connectivity index (χ4v) is 2.48. The number of hydrogen-bond acceptors (Lipinski definition) is 4. The third-order valence-corrected chi connectivity index (χ3v) is 3.59. The molecule has 3 aromatic rings. The maximum Gasteiger partial charge on any atom is 0.239 e. The maximum atomic E-state index is 11.9. The molecule has 1 aromatic carbocycles. The number of rotatable bonds is 6. The van der Waals surface area contributed by atoms with E-state index in [4.69, 9.17) is 0 Å². The highest BCUT2D eigenvalue weighted by Crippen LogP contribution is 2.15. The van der Waals surface area contributed by atoms with Crippen LogP contribution in [0.3, 0.4) is 0 Å². The minimum atomic E-state index is -0.130. The molecule has 23 heavy (non-hydrogen) atoms. The Labute approximate surface area is 134 Å². The summed E-state index contributed by atoms with van der Waals surface area (Å²) in [7, 11) is 0. The van der Waals surface area contributed by atoms with Crippen molar-refractivity contribution in [2.75, 3.05) is 11.9 Å². The summed E-state index contributed by atoms with van der Waals surface area (Å²) in [5, 5.41) is 7.15. The van der Waals surface area contributed by atoms with Crippen molar-refractivity contribution in [3.05, 3.63) is 55.1 Å². The molecule has 2 heterocycles. The van der Waals surface area contributed by atoms with Gasteiger partial charge in [-0.1, -0.05) is 18.2 Å². The number of carbonyl (C=O) groups is 1. The number of hydrogen-bond donors (Lipinski definition) is 2. The average Bonchev–Trinajstić information content (AvgIpc) is 2.97. The SMILES string of the molecule is C[C@H](Cn1ccc2ccccc21)NCC(=O)Nc1cnccn1. The highest BCUT2D eigenvalue weighted by molar-refractivity contribution is 5.91. The first kappa shape index (κ1) is 15.2. The van der Waals surface area contributed by atoms with E-state index >= 15 is 0 Å². The van der Waals surface area contributed by atoms with E-state index in [9.17, 15) is 4.79 Å². The molecule has 2 aromatic heterocycles. The summed E-state index contributed by atoms with van der Waals surface area (Å²) >= 11 is 0. The Balaban J connectivity index is 1.51. The number of amides is 1. The van der Waals surface area contributed by atoms with Crippen LogP contribution in [0.2, 0.25) is 0 Å². The van der Waals surface area contributed by atoms with Crippen molar-refractivity contribution in [2.24, 2.45) is 0 Å². The zero-order valence-electron chi connectivity index (χ0n) is 12.9. The first-order valence-corrected chi connectivity index (χ1v) is 7.55. The topological polar surface area (TPSA) is 71.8 Å². The molecule has 0 saturated heterocycles. The van der Waals surface area contributed by atoms with Crippen LogP contribution in [0.5, 0.6) is 0 Å². The lowest BCUT2D eigenvalue weighted by Crippen LogP contribution is -2.36. The molecule has 1 atom stereocenters. The maximum absolute atomic E-state index is 11.9. The van der Waals surface area contributed by atoms with Crippen molar-refractivity contribution in [1.29, 1.82) is 0 Å². The van der Waals surface area contributed by atoms with E-state index in [1.54, 1.807) is 12.4 Å². The molecule has 1 amide bonds. The number of fused-ring (bicyclic) bond motifs is 1. The van der Waals surface area contributed by atoms with Crippen molar-refractivity contribution in [3.63, 3.8) is 0 Å². The Kier molecular flexibility index (Phi) is 4.63. The van der Waals surface area contributed by atoms with Gasteiger partial charge in [-0.2, -0.15) is 0 Å². The van der Waals surface area contributed by atoms with Crippen molar-refractivity contribution in [1.82, 2.24) is 19.9 Å². The predicted molar refractivity (Wildman–Crippen MR) is 90.1 cm³/mol. The smallest absolute Gasteiger partial charge is 0.239 e. The van der Waals surface area contributed by atoms with Gasteiger partial charge < -0.3 is 15.2 Å². The van der Waals surface area contributed by atoms with E-state index in [2.05, 4.69) is 56.5 Å². The van der Waals surface area contributed by atoms with Crippen molar-refractivity contribution >= 4 is 22.6 Å². The molecule has 0 saturated carbocycles. The zero-order valence-corrected chi connectivity index (χ0v) is 12.9. The lowest BCUT2D eigenvalue weighted by Gasteiger charge is -2.15. The van der Waals surface area contributed by atoms with Crippen molar-refractivity contribution in [3.8, 4) is 0 Å². The molecule has 3 rings (SSSR count). The van der Waals surface area contributed by atoms with Crippen LogP contribution < -0.4 is 10.6 Å². The third kappa shape index (κ3) is 3.92. The Bertz CT molecular complexity index is 784. The van der Waals surface area contributed by atoms with Crippen LogP contribution in [0, 0.1) is 0 Å². The molecular formula is C17H19N5O. The highest BCUT2D eigenvalue weighted by atomic mass is 16.2. The normalized spacial score (nSPS) is 12.2. The Morgan fingerprint density at radius 2 is 2.13 bits per heavy atom. The molecule has 0 unspecified atom stereocenters. The van der Waals surface area contributed by atoms with Gasteiger partial charge in [0.2, 0.25) is 5.91 Å². The van der Waals surface area contributed by atoms with Crippen molar-refractivity contribution < 1.29 is 4.79 Å². The molecule has 0 radical (unpaired) electrons. The molecule has 0 aliphatic heterocycles. The van der Waals surface area contributed by atoms with Crippen LogP contribution >= 0.6 is 0 Å². The average molecular weight is 309 g/mol. The molecule has 0 aliphatic rings. The Hall–Kier alpha value is -2.73. The number of nitrogens with zero attached hydrogens (tertiary/aromatic N) is 3. The summed E-state index contributed by atoms with van der Waals surface area (Å²) in [6.07, 6.45) is 6.70. The van der Waals surface area contributed by atoms with Gasteiger partial charge in [-0.05, 0) is 24.4 Å². The van der Waals surface area contributed by atoms with Crippen LogP contribution in [0.1, 0.15) is 6.92 Å². The van der Waals surface area contributed by atoms with Gasteiger partial charge in [0.1, 0.15) is 0 Å². The number of aromatic nitrogens is 3. The highest BCUT2D eigenvalue weighted by Gasteiger charge is 2.08. The minimum Gasteiger partial charge on any atom is -0.346 e. The number of nitrogens with one attached hydrogen (secondary N) is 2. The van der Waals surface area contributed by atoms with E-state index in [1.165, 1.54) is 17.1 Å². The fourth-order valence-electron chi connectivity index (χ4n) is 2.48. The molecule has 0 spiro atoms. The summed E-state index contributed by atoms with van der Waals surface area (Å²) in [5.41, 5.74) is 1.20. The Morgan fingerprint density at radius 1 is 1.26 bits per heavy atom. The predicted octanol–water partition coefficient (Wildman–Crippen LogP) is 2.05. The molecule has 118 valence electrons. The first-order chi connectivity index (χ1) is 11.2. The second kappa shape index (κ2) is 7.02. The van der Waals surface area contributed by atoms with Gasteiger partial charge in [-0.3, -0.25) is 9.78 Å². The van der Waals surface area contributed by atoms with E-state index in [-0.39, 0.29) is 18.5 Å². The first-order valence-electron chi connectivity index (χ1n) is 7.55. The summed E-state index contributed by atoms with van der Waals surface area (Å²) < 4.78 is 2.19. The molecule has 2 N–H and O–H groups in total. The van der Waals surface area contributed by atoms with Gasteiger partial charge >= 0.3 is 0 Å². The van der Waals surface area contributed by atoms with Crippen LogP contribution in [0.25, 0.3) is 10.9 Å². The third-order valence-electron chi connectivity index (χ3n) is 3.59. The second-order valence-corrected chi connectivity index (χ2v) is 5.45.